The number of aliphatic carboxylic acids is 1. The highest BCUT2D eigenvalue weighted by Gasteiger charge is 2.42. The number of cyclic esters (lactones) is 1. The standard InChI is InChI=1S/C27H46N2O7SSi2/c1-16-20(35-38(8,9)26(2,3)4)12-21(36-39(10,11)27(5,6)7)17-14-37-15-19(24(31)32)29-23(30)18(28)13-34-25(33)22(16)17/h12,18-19H,13-15,28H2,1-11H3,(H,29,30)(H,31,32)/p-1/t18-,19-/m0/s1. The van der Waals surface area contributed by atoms with Crippen LogP contribution in [0.5, 0.6) is 11.5 Å². The molecule has 9 nitrogen and oxygen atoms in total. The SMILES string of the molecule is Cc1c(O[Si](C)(C)C(C)(C)C)cc(O[Si](C)(C)C(C)(C)C)c2c1C(=O)OC[C@H](N)C(=O)N[C@H](C(=O)[O-])CSC2. The van der Waals surface area contributed by atoms with Crippen LogP contribution in [0.2, 0.25) is 36.3 Å². The molecule has 0 aromatic heterocycles. The lowest BCUT2D eigenvalue weighted by molar-refractivity contribution is -0.307. The van der Waals surface area contributed by atoms with E-state index >= 15 is 0 Å². The largest absolute Gasteiger partial charge is 0.548 e. The average molecular weight is 598 g/mol. The normalized spacial score (nSPS) is 20.1. The fraction of sp³-hybridized carbons (Fsp3) is 0.667. The van der Waals surface area contributed by atoms with Gasteiger partial charge in [-0.2, -0.15) is 11.8 Å². The molecule has 1 aromatic rings. The Kier molecular flexibility index (Phi) is 10.1. The van der Waals surface area contributed by atoms with Gasteiger partial charge in [-0.1, -0.05) is 41.5 Å². The second-order valence-corrected chi connectivity index (χ2v) is 23.7. The van der Waals surface area contributed by atoms with Crippen molar-refractivity contribution in [2.75, 3.05) is 12.4 Å². The molecule has 2 atom stereocenters. The molecule has 1 aliphatic heterocycles. The van der Waals surface area contributed by atoms with Crippen molar-refractivity contribution in [1.82, 2.24) is 5.32 Å². The van der Waals surface area contributed by atoms with Gasteiger partial charge in [-0.25, -0.2) is 4.79 Å². The summed E-state index contributed by atoms with van der Waals surface area (Å²) in [6.45, 7) is 22.7. The van der Waals surface area contributed by atoms with Crippen molar-refractivity contribution >= 4 is 46.2 Å². The van der Waals surface area contributed by atoms with E-state index < -0.39 is 53.2 Å². The van der Waals surface area contributed by atoms with E-state index in [1.165, 1.54) is 11.8 Å². The number of nitrogens with two attached hydrogens (primary N) is 1. The predicted molar refractivity (Wildman–Crippen MR) is 158 cm³/mol. The minimum absolute atomic E-state index is 0.0239. The second-order valence-electron chi connectivity index (χ2n) is 13.2. The Morgan fingerprint density at radius 3 is 2.05 bits per heavy atom. The van der Waals surface area contributed by atoms with Crippen molar-refractivity contribution in [2.24, 2.45) is 5.73 Å². The zero-order valence-electron chi connectivity index (χ0n) is 25.2. The minimum Gasteiger partial charge on any atom is -0.548 e. The van der Waals surface area contributed by atoms with Crippen molar-refractivity contribution in [3.63, 3.8) is 0 Å². The zero-order chi connectivity index (χ0) is 30.1. The Hall–Kier alpha value is -2.03. The third kappa shape index (κ3) is 7.80. The Balaban J connectivity index is 2.78. The van der Waals surface area contributed by atoms with Gasteiger partial charge in [-0.15, -0.1) is 0 Å². The fourth-order valence-corrected chi connectivity index (χ4v) is 6.47. The molecule has 0 aliphatic carbocycles. The summed E-state index contributed by atoms with van der Waals surface area (Å²) in [5.41, 5.74) is 7.42. The van der Waals surface area contributed by atoms with Crippen LogP contribution in [0.3, 0.4) is 0 Å². The van der Waals surface area contributed by atoms with Crippen molar-refractivity contribution in [2.45, 2.75) is 103 Å². The summed E-state index contributed by atoms with van der Waals surface area (Å²) in [5.74, 6) is -1.42. The Morgan fingerprint density at radius 1 is 1.05 bits per heavy atom. The monoisotopic (exact) mass is 597 g/mol. The average Bonchev–Trinajstić information content (AvgIpc) is 2.76. The number of hydrogen-bond donors (Lipinski definition) is 2. The Morgan fingerprint density at radius 2 is 1.56 bits per heavy atom. The van der Waals surface area contributed by atoms with Crippen molar-refractivity contribution in [1.29, 1.82) is 0 Å². The summed E-state index contributed by atoms with van der Waals surface area (Å²) in [7, 11) is -4.68. The number of carboxylic acids is 1. The number of esters is 1. The summed E-state index contributed by atoms with van der Waals surface area (Å²) < 4.78 is 19.0. The van der Waals surface area contributed by atoms with Crippen LogP contribution in [0, 0.1) is 6.92 Å². The number of ether oxygens (including phenoxy) is 1. The highest BCUT2D eigenvalue weighted by Crippen LogP contribution is 2.45. The van der Waals surface area contributed by atoms with E-state index in [4.69, 9.17) is 19.3 Å². The molecule has 1 amide bonds. The van der Waals surface area contributed by atoms with E-state index in [2.05, 4.69) is 73.0 Å². The van der Waals surface area contributed by atoms with Crippen LogP contribution in [0.4, 0.5) is 0 Å². The predicted octanol–water partition coefficient (Wildman–Crippen LogP) is 3.73. The molecule has 12 heteroatoms. The quantitative estimate of drug-likeness (QED) is 0.384. The fourth-order valence-electron chi connectivity index (χ4n) is 3.30. The molecule has 1 heterocycles. The number of carbonyl (C=O) groups excluding carboxylic acids is 3. The van der Waals surface area contributed by atoms with E-state index in [0.29, 0.717) is 28.2 Å². The number of hydrogen-bond acceptors (Lipinski definition) is 9. The molecule has 0 saturated carbocycles. The maximum atomic E-state index is 13.6. The molecule has 0 spiro atoms. The summed E-state index contributed by atoms with van der Waals surface area (Å²) in [5, 5.41) is 13.9. The molecule has 0 radical (unpaired) electrons. The van der Waals surface area contributed by atoms with Crippen molar-refractivity contribution in [3.05, 3.63) is 22.8 Å². The van der Waals surface area contributed by atoms with Gasteiger partial charge in [0.05, 0.1) is 17.6 Å². The van der Waals surface area contributed by atoms with E-state index in [0.717, 1.165) is 0 Å². The first-order chi connectivity index (χ1) is 17.6. The van der Waals surface area contributed by atoms with Crippen molar-refractivity contribution < 1.29 is 33.1 Å². The maximum Gasteiger partial charge on any atom is 0.339 e. The number of carbonyl (C=O) groups is 3. The van der Waals surface area contributed by atoms with E-state index in [-0.39, 0.29) is 21.6 Å². The van der Waals surface area contributed by atoms with Gasteiger partial charge in [0.2, 0.25) is 22.5 Å². The third-order valence-corrected chi connectivity index (χ3v) is 17.8. The number of nitrogens with one attached hydrogen (secondary N) is 1. The molecule has 3 N–H and O–H groups in total. The van der Waals surface area contributed by atoms with Gasteiger partial charge < -0.3 is 34.5 Å². The summed E-state index contributed by atoms with van der Waals surface area (Å²) in [4.78, 5) is 37.7. The highest BCUT2D eigenvalue weighted by molar-refractivity contribution is 7.98. The number of thioether (sulfide) groups is 1. The molecule has 0 unspecified atom stereocenters. The number of fused-ring (bicyclic) bond motifs is 1. The number of rotatable bonds is 5. The van der Waals surface area contributed by atoms with Gasteiger partial charge in [0.15, 0.2) is 0 Å². The molecule has 0 saturated heterocycles. The molecule has 39 heavy (non-hydrogen) atoms. The van der Waals surface area contributed by atoms with Crippen LogP contribution in [0.15, 0.2) is 6.07 Å². The molecule has 0 bridgehead atoms. The van der Waals surface area contributed by atoms with Crippen LogP contribution < -0.4 is 25.0 Å². The van der Waals surface area contributed by atoms with Gasteiger partial charge in [0.25, 0.3) is 0 Å². The van der Waals surface area contributed by atoms with Gasteiger partial charge >= 0.3 is 5.97 Å². The smallest absolute Gasteiger partial charge is 0.339 e. The van der Waals surface area contributed by atoms with Crippen LogP contribution in [0.1, 0.15) is 63.0 Å². The van der Waals surface area contributed by atoms with Gasteiger partial charge in [0.1, 0.15) is 24.1 Å². The molecular weight excluding hydrogens is 553 g/mol. The van der Waals surface area contributed by atoms with E-state index in [1.54, 1.807) is 0 Å². The molecular formula is C27H45N2O7SSi2-. The molecule has 1 aliphatic rings. The molecule has 1 aromatic carbocycles. The van der Waals surface area contributed by atoms with E-state index in [9.17, 15) is 19.5 Å². The Labute approximate surface area is 239 Å². The van der Waals surface area contributed by atoms with Crippen molar-refractivity contribution in [3.8, 4) is 11.5 Å². The number of carboxylic acid groups (broad SMARTS) is 1. The lowest BCUT2D eigenvalue weighted by Gasteiger charge is -2.39. The zero-order valence-corrected chi connectivity index (χ0v) is 28.0. The second kappa shape index (κ2) is 11.8. The summed E-state index contributed by atoms with van der Waals surface area (Å²) in [6.07, 6.45) is 0. The minimum atomic E-state index is -2.37. The van der Waals surface area contributed by atoms with Gasteiger partial charge in [0, 0.05) is 28.7 Å². The summed E-state index contributed by atoms with van der Waals surface area (Å²) >= 11 is 1.25. The Bertz CT molecular complexity index is 1110. The third-order valence-electron chi connectivity index (χ3n) is 8.02. The highest BCUT2D eigenvalue weighted by atomic mass is 32.2. The first kappa shape index (κ1) is 33.2. The maximum absolute atomic E-state index is 13.6. The number of benzene rings is 1. The van der Waals surface area contributed by atoms with Crippen LogP contribution in [-0.2, 0) is 20.1 Å². The lowest BCUT2D eigenvalue weighted by Crippen LogP contribution is -2.54. The van der Waals surface area contributed by atoms with E-state index in [1.807, 2.05) is 13.0 Å². The molecule has 220 valence electrons. The first-order valence-electron chi connectivity index (χ1n) is 13.1. The summed E-state index contributed by atoms with van der Waals surface area (Å²) in [6, 6.07) is -0.615. The first-order valence-corrected chi connectivity index (χ1v) is 20.1. The topological polar surface area (TPSA) is 140 Å². The molecule has 2 rings (SSSR count). The van der Waals surface area contributed by atoms with Crippen LogP contribution >= 0.6 is 11.8 Å². The van der Waals surface area contributed by atoms with Gasteiger partial charge in [-0.3, -0.25) is 4.79 Å². The van der Waals surface area contributed by atoms with Gasteiger partial charge in [-0.05, 0) is 43.2 Å². The molecule has 0 fully saturated rings. The van der Waals surface area contributed by atoms with Crippen LogP contribution in [-0.4, -0.2) is 58.9 Å². The number of amides is 1. The lowest BCUT2D eigenvalue weighted by atomic mass is 10.0. The van der Waals surface area contributed by atoms with Crippen LogP contribution in [0.25, 0.3) is 0 Å².